The van der Waals surface area contributed by atoms with E-state index in [0.29, 0.717) is 0 Å². The van der Waals surface area contributed by atoms with Crippen LogP contribution in [0.15, 0.2) is 235 Å². The smallest absolute Gasteiger partial charge is 0.159 e. The van der Waals surface area contributed by atoms with Gasteiger partial charge in [0.15, 0.2) is 5.58 Å². The highest BCUT2D eigenvalue weighted by Crippen LogP contribution is 2.49. The summed E-state index contributed by atoms with van der Waals surface area (Å²) in [6.07, 6.45) is 0. The molecule has 66 heavy (non-hydrogen) atoms. The predicted molar refractivity (Wildman–Crippen MR) is 283 cm³/mol. The molecule has 0 aliphatic carbocycles. The maximum atomic E-state index is 6.75. The molecule has 0 atom stereocenters. The lowest BCUT2D eigenvalue weighted by Crippen LogP contribution is -2.56. The molecule has 0 saturated carbocycles. The Labute approximate surface area is 385 Å². The second-order valence-electron chi connectivity index (χ2n) is 18.0. The van der Waals surface area contributed by atoms with Crippen LogP contribution in [-0.2, 0) is 0 Å². The topological polar surface area (TPSA) is 19.6 Å². The van der Waals surface area contributed by atoms with Crippen molar-refractivity contribution in [3.63, 3.8) is 0 Å². The van der Waals surface area contributed by atoms with Crippen LogP contribution in [0, 0.1) is 0 Å². The molecule has 0 unspecified atom stereocenters. The quantitative estimate of drug-likeness (QED) is 0.118. The number of anilines is 6. The van der Waals surface area contributed by atoms with Gasteiger partial charge >= 0.3 is 0 Å². The lowest BCUT2D eigenvalue weighted by molar-refractivity contribution is 0.669. The van der Waals surface area contributed by atoms with Gasteiger partial charge in [0.05, 0.1) is 17.1 Å². The van der Waals surface area contributed by atoms with E-state index in [1.807, 2.05) is 6.07 Å². The third-order valence-electron chi connectivity index (χ3n) is 14.0. The van der Waals surface area contributed by atoms with Crippen molar-refractivity contribution in [1.29, 1.82) is 0 Å². The van der Waals surface area contributed by atoms with Crippen molar-refractivity contribution >= 4 is 107 Å². The first-order chi connectivity index (χ1) is 32.5. The van der Waals surface area contributed by atoms with Crippen molar-refractivity contribution in [2.75, 3.05) is 9.80 Å². The highest BCUT2D eigenvalue weighted by Gasteiger charge is 2.37. The van der Waals surface area contributed by atoms with Crippen LogP contribution >= 0.6 is 0 Å². The molecule has 0 N–H and O–H groups in total. The normalized spacial score (nSPS) is 12.8. The van der Waals surface area contributed by atoms with Gasteiger partial charge in [-0.2, -0.15) is 0 Å². The molecule has 13 rings (SSSR count). The number of hydrogen-bond acceptors (Lipinski definition) is 3. The van der Waals surface area contributed by atoms with Crippen molar-refractivity contribution in [2.24, 2.45) is 0 Å². The molecule has 1 aromatic heterocycles. The average molecular weight is 861 g/mol. The molecule has 4 heteroatoms. The van der Waals surface area contributed by atoms with Gasteiger partial charge in [-0.1, -0.05) is 177 Å². The van der Waals surface area contributed by atoms with Crippen molar-refractivity contribution in [1.82, 2.24) is 0 Å². The van der Waals surface area contributed by atoms with Gasteiger partial charge in [-0.25, -0.2) is 0 Å². The van der Waals surface area contributed by atoms with Gasteiger partial charge in [-0.05, 0) is 121 Å². The van der Waals surface area contributed by atoms with E-state index >= 15 is 0 Å². The molecule has 0 fully saturated rings. The number of furan rings is 1. The van der Waals surface area contributed by atoms with E-state index in [-0.39, 0.29) is 0 Å². The minimum absolute atomic E-state index is 0.877. The standard InChI is InChI=1S/C62H44N2OSi/c1-66(2)59-35-19-30-50-53-40-57(64(43-24-10-5-11-25-43)56-33-18-31-51-48-29-15-17-34-58(48)65-62(51)56)47-28-13-12-27-46(47)52(53)39-54(61(50)59)49-37-36-44(38-60(49)66)63(42-22-8-4-9-23-42)55-32-16-14-26-45(55)41-20-6-3-7-21-41/h3-40H,1-2H3. The molecular weight excluding hydrogens is 817 g/mol. The molecule has 11 aromatic carbocycles. The molecule has 0 saturated heterocycles. The number of hydrogen-bond donors (Lipinski definition) is 0. The fourth-order valence-electron chi connectivity index (χ4n) is 11.0. The Balaban J connectivity index is 1.05. The first-order valence-corrected chi connectivity index (χ1v) is 25.8. The highest BCUT2D eigenvalue weighted by molar-refractivity contribution is 7.03. The molecular formula is C62H44N2OSi. The van der Waals surface area contributed by atoms with Gasteiger partial charge in [-0.3, -0.25) is 0 Å². The highest BCUT2D eigenvalue weighted by atomic mass is 28.3. The van der Waals surface area contributed by atoms with Gasteiger partial charge in [-0.15, -0.1) is 0 Å². The van der Waals surface area contributed by atoms with E-state index < -0.39 is 8.07 Å². The van der Waals surface area contributed by atoms with Crippen LogP contribution < -0.4 is 20.2 Å². The minimum Gasteiger partial charge on any atom is -0.454 e. The van der Waals surface area contributed by atoms with Gasteiger partial charge in [0.25, 0.3) is 0 Å². The molecule has 1 aliphatic heterocycles. The first-order valence-electron chi connectivity index (χ1n) is 22.8. The summed E-state index contributed by atoms with van der Waals surface area (Å²) in [5.74, 6) is 0. The van der Waals surface area contributed by atoms with Crippen molar-refractivity contribution in [3.8, 4) is 22.3 Å². The zero-order valence-electron chi connectivity index (χ0n) is 36.7. The molecule has 1 aliphatic rings. The summed E-state index contributed by atoms with van der Waals surface area (Å²) in [6, 6.07) is 84.3. The fourth-order valence-corrected chi connectivity index (χ4v) is 14.1. The maximum Gasteiger partial charge on any atom is 0.159 e. The Morgan fingerprint density at radius 1 is 0.333 bits per heavy atom. The second kappa shape index (κ2) is 14.9. The number of para-hydroxylation sites is 5. The summed E-state index contributed by atoms with van der Waals surface area (Å²) in [5, 5.41) is 12.7. The zero-order valence-corrected chi connectivity index (χ0v) is 37.7. The van der Waals surface area contributed by atoms with E-state index in [1.54, 1.807) is 0 Å². The maximum absolute atomic E-state index is 6.75. The predicted octanol–water partition coefficient (Wildman–Crippen LogP) is 16.5. The van der Waals surface area contributed by atoms with Crippen molar-refractivity contribution < 1.29 is 4.42 Å². The SMILES string of the molecule is C[Si]1(C)c2cc(N(c3ccccc3)c3ccccc3-c3ccccc3)ccc2-c2cc3c4ccccc4c(N(c4ccccc4)c4cccc5c4oc4ccccc45)cc3c3cccc1c23. The summed E-state index contributed by atoms with van der Waals surface area (Å²) in [7, 11) is -2.30. The molecule has 12 aromatic rings. The van der Waals surface area contributed by atoms with Crippen LogP contribution in [0.25, 0.3) is 76.5 Å². The summed E-state index contributed by atoms with van der Waals surface area (Å²) >= 11 is 0. The van der Waals surface area contributed by atoms with Crippen LogP contribution in [0.1, 0.15) is 0 Å². The number of nitrogens with zero attached hydrogens (tertiary/aromatic N) is 2. The third-order valence-corrected chi connectivity index (χ3v) is 17.5. The Bertz CT molecular complexity index is 3860. The molecule has 0 bridgehead atoms. The van der Waals surface area contributed by atoms with E-state index in [4.69, 9.17) is 4.42 Å². The first kappa shape index (κ1) is 38.3. The summed E-state index contributed by atoms with van der Waals surface area (Å²) in [4.78, 5) is 4.86. The zero-order chi connectivity index (χ0) is 43.9. The second-order valence-corrected chi connectivity index (χ2v) is 22.3. The Morgan fingerprint density at radius 2 is 0.924 bits per heavy atom. The summed E-state index contributed by atoms with van der Waals surface area (Å²) < 4.78 is 6.75. The Hall–Kier alpha value is -8.18. The molecule has 0 spiro atoms. The lowest BCUT2D eigenvalue weighted by atomic mass is 9.89. The number of benzene rings is 11. The average Bonchev–Trinajstić information content (AvgIpc) is 3.76. The van der Waals surface area contributed by atoms with Gasteiger partial charge in [0.1, 0.15) is 13.7 Å². The van der Waals surface area contributed by atoms with Gasteiger partial charge in [0, 0.05) is 38.8 Å². The van der Waals surface area contributed by atoms with Crippen LogP contribution in [-0.4, -0.2) is 8.07 Å². The Morgan fingerprint density at radius 3 is 1.71 bits per heavy atom. The van der Waals surface area contributed by atoms with Crippen molar-refractivity contribution in [2.45, 2.75) is 13.1 Å². The molecule has 0 amide bonds. The van der Waals surface area contributed by atoms with E-state index in [1.165, 1.54) is 64.9 Å². The fraction of sp³-hybridized carbons (Fsp3) is 0.0323. The third kappa shape index (κ3) is 5.82. The molecule has 312 valence electrons. The minimum atomic E-state index is -2.30. The molecule has 2 heterocycles. The summed E-state index contributed by atoms with van der Waals surface area (Å²) in [5.41, 5.74) is 13.5. The van der Waals surface area contributed by atoms with Crippen molar-refractivity contribution in [3.05, 3.63) is 231 Å². The van der Waals surface area contributed by atoms with E-state index in [0.717, 1.165) is 56.1 Å². The van der Waals surface area contributed by atoms with Crippen LogP contribution in [0.5, 0.6) is 0 Å². The van der Waals surface area contributed by atoms with Gasteiger partial charge in [0.2, 0.25) is 0 Å². The Kier molecular flexibility index (Phi) is 8.67. The number of fused-ring (bicyclic) bond motifs is 9. The van der Waals surface area contributed by atoms with Crippen LogP contribution in [0.2, 0.25) is 13.1 Å². The largest absolute Gasteiger partial charge is 0.454 e. The molecule has 0 radical (unpaired) electrons. The van der Waals surface area contributed by atoms with Gasteiger partial charge < -0.3 is 14.2 Å². The van der Waals surface area contributed by atoms with E-state index in [2.05, 4.69) is 247 Å². The molecule has 3 nitrogen and oxygen atoms in total. The lowest BCUT2D eigenvalue weighted by Gasteiger charge is -2.36. The van der Waals surface area contributed by atoms with E-state index in [9.17, 15) is 0 Å². The monoisotopic (exact) mass is 860 g/mol. The number of rotatable bonds is 7. The van der Waals surface area contributed by atoms with Crippen LogP contribution in [0.4, 0.5) is 34.1 Å². The summed E-state index contributed by atoms with van der Waals surface area (Å²) in [6.45, 7) is 5.08. The van der Waals surface area contributed by atoms with Crippen LogP contribution in [0.3, 0.4) is 0 Å².